The first-order chi connectivity index (χ1) is 9.57. The highest BCUT2D eigenvalue weighted by molar-refractivity contribution is 5.81. The van der Waals surface area contributed by atoms with Crippen LogP contribution in [0.3, 0.4) is 0 Å². The summed E-state index contributed by atoms with van der Waals surface area (Å²) in [7, 11) is 0. The van der Waals surface area contributed by atoms with Crippen LogP contribution in [-0.4, -0.2) is 72.6 Å². The number of likely N-dealkylation sites (tertiary alicyclic amines) is 1. The number of nitrogens with zero attached hydrogens (tertiary/aromatic N) is 2. The summed E-state index contributed by atoms with van der Waals surface area (Å²) < 4.78 is 0. The van der Waals surface area contributed by atoms with Gasteiger partial charge in [0.15, 0.2) is 0 Å². The molecule has 0 saturated carbocycles. The molecule has 2 aliphatic rings. The van der Waals surface area contributed by atoms with Gasteiger partial charge in [-0.1, -0.05) is 6.92 Å². The van der Waals surface area contributed by atoms with Crippen LogP contribution < -0.4 is 5.32 Å². The van der Waals surface area contributed by atoms with Crippen molar-refractivity contribution in [2.45, 2.75) is 26.2 Å². The molecule has 1 unspecified atom stereocenters. The van der Waals surface area contributed by atoms with Gasteiger partial charge in [-0.2, -0.15) is 0 Å². The molecule has 2 aliphatic heterocycles. The summed E-state index contributed by atoms with van der Waals surface area (Å²) in [6.07, 6.45) is 2.05. The summed E-state index contributed by atoms with van der Waals surface area (Å²) in [4.78, 5) is 27.8. The Hall–Kier alpha value is -1.14. The van der Waals surface area contributed by atoms with Gasteiger partial charge < -0.3 is 15.3 Å². The van der Waals surface area contributed by atoms with Crippen molar-refractivity contribution in [2.75, 3.05) is 45.8 Å². The number of carbonyl (C=O) groups is 2. The van der Waals surface area contributed by atoms with Crippen LogP contribution >= 0.6 is 0 Å². The van der Waals surface area contributed by atoms with Crippen molar-refractivity contribution in [1.82, 2.24) is 15.1 Å². The van der Waals surface area contributed by atoms with E-state index < -0.39 is 11.4 Å². The predicted molar refractivity (Wildman–Crippen MR) is 75.5 cm³/mol. The highest BCUT2D eigenvalue weighted by Gasteiger charge is 2.42. The van der Waals surface area contributed by atoms with Crippen molar-refractivity contribution >= 4 is 11.9 Å². The minimum atomic E-state index is -0.764. The maximum Gasteiger partial charge on any atom is 0.311 e. The van der Waals surface area contributed by atoms with Crippen molar-refractivity contribution < 1.29 is 14.7 Å². The number of aliphatic carboxylic acids is 1. The fourth-order valence-electron chi connectivity index (χ4n) is 3.12. The largest absolute Gasteiger partial charge is 0.481 e. The number of carboxylic acids is 1. The average molecular weight is 283 g/mol. The van der Waals surface area contributed by atoms with Crippen molar-refractivity contribution in [3.05, 3.63) is 0 Å². The molecule has 2 heterocycles. The monoisotopic (exact) mass is 283 g/mol. The fraction of sp³-hybridized carbons (Fsp3) is 0.857. The molecule has 6 nitrogen and oxygen atoms in total. The zero-order valence-corrected chi connectivity index (χ0v) is 12.2. The Labute approximate surface area is 120 Å². The van der Waals surface area contributed by atoms with Crippen molar-refractivity contribution in [3.63, 3.8) is 0 Å². The Balaban J connectivity index is 1.93. The molecule has 1 atom stereocenters. The minimum absolute atomic E-state index is 0.0747. The van der Waals surface area contributed by atoms with Crippen LogP contribution in [0.15, 0.2) is 0 Å². The first kappa shape index (κ1) is 15.3. The van der Waals surface area contributed by atoms with Gasteiger partial charge in [-0.15, -0.1) is 0 Å². The Bertz CT molecular complexity index is 369. The van der Waals surface area contributed by atoms with Gasteiger partial charge in [-0.3, -0.25) is 14.5 Å². The number of piperazine rings is 1. The molecule has 114 valence electrons. The van der Waals surface area contributed by atoms with Gasteiger partial charge in [0, 0.05) is 39.3 Å². The van der Waals surface area contributed by atoms with Crippen LogP contribution in [0.2, 0.25) is 0 Å². The molecule has 2 saturated heterocycles. The maximum absolute atomic E-state index is 12.4. The normalized spacial score (nSPS) is 28.4. The Morgan fingerprint density at radius 3 is 2.55 bits per heavy atom. The number of amides is 1. The summed E-state index contributed by atoms with van der Waals surface area (Å²) in [6, 6.07) is 0. The number of piperidine rings is 1. The van der Waals surface area contributed by atoms with E-state index >= 15 is 0 Å². The van der Waals surface area contributed by atoms with Gasteiger partial charge in [-0.25, -0.2) is 0 Å². The molecule has 6 heteroatoms. The number of rotatable bonds is 4. The van der Waals surface area contributed by atoms with Crippen LogP contribution in [0.4, 0.5) is 0 Å². The molecular formula is C14H25N3O3. The van der Waals surface area contributed by atoms with Gasteiger partial charge in [0.1, 0.15) is 0 Å². The van der Waals surface area contributed by atoms with Gasteiger partial charge in [0.05, 0.1) is 12.0 Å². The molecule has 0 spiro atoms. The quantitative estimate of drug-likeness (QED) is 0.759. The first-order valence-corrected chi connectivity index (χ1v) is 7.52. The molecule has 2 N–H and O–H groups in total. The molecular weight excluding hydrogens is 258 g/mol. The van der Waals surface area contributed by atoms with Gasteiger partial charge >= 0.3 is 5.97 Å². The van der Waals surface area contributed by atoms with Gasteiger partial charge in [0.25, 0.3) is 0 Å². The number of nitrogens with one attached hydrogen (secondary N) is 1. The van der Waals surface area contributed by atoms with E-state index in [-0.39, 0.29) is 5.91 Å². The number of carboxylic acid groups (broad SMARTS) is 1. The smallest absolute Gasteiger partial charge is 0.311 e. The Morgan fingerprint density at radius 1 is 1.25 bits per heavy atom. The van der Waals surface area contributed by atoms with E-state index in [0.29, 0.717) is 32.5 Å². The van der Waals surface area contributed by atoms with Crippen LogP contribution in [-0.2, 0) is 9.59 Å². The molecule has 2 fully saturated rings. The molecule has 0 aromatic rings. The maximum atomic E-state index is 12.4. The van der Waals surface area contributed by atoms with Crippen molar-refractivity contribution in [1.29, 1.82) is 0 Å². The highest BCUT2D eigenvalue weighted by Crippen LogP contribution is 2.33. The van der Waals surface area contributed by atoms with E-state index in [4.69, 9.17) is 0 Å². The summed E-state index contributed by atoms with van der Waals surface area (Å²) in [5.74, 6) is -0.689. The third-order valence-corrected chi connectivity index (χ3v) is 4.63. The predicted octanol–water partition coefficient (Wildman–Crippen LogP) is -0.00500. The lowest BCUT2D eigenvalue weighted by atomic mass is 9.77. The molecule has 0 bridgehead atoms. The SMILES string of the molecule is CCC1(C(=O)O)CCCN(C(=O)CN2CCNCC2)C1. The second-order valence-electron chi connectivity index (χ2n) is 5.88. The highest BCUT2D eigenvalue weighted by atomic mass is 16.4. The van der Waals surface area contributed by atoms with Crippen LogP contribution in [0.1, 0.15) is 26.2 Å². The average Bonchev–Trinajstić information content (AvgIpc) is 2.48. The van der Waals surface area contributed by atoms with Crippen LogP contribution in [0.5, 0.6) is 0 Å². The second-order valence-corrected chi connectivity index (χ2v) is 5.88. The Morgan fingerprint density at radius 2 is 1.95 bits per heavy atom. The number of hydrogen-bond donors (Lipinski definition) is 2. The third-order valence-electron chi connectivity index (χ3n) is 4.63. The fourth-order valence-corrected chi connectivity index (χ4v) is 3.12. The van der Waals surface area contributed by atoms with E-state index in [0.717, 1.165) is 32.6 Å². The molecule has 0 aromatic carbocycles. The van der Waals surface area contributed by atoms with Crippen LogP contribution in [0, 0.1) is 5.41 Å². The van der Waals surface area contributed by atoms with E-state index in [1.807, 2.05) is 6.92 Å². The van der Waals surface area contributed by atoms with Crippen LogP contribution in [0.25, 0.3) is 0 Å². The zero-order chi connectivity index (χ0) is 14.6. The van der Waals surface area contributed by atoms with E-state index in [1.54, 1.807) is 4.90 Å². The molecule has 20 heavy (non-hydrogen) atoms. The summed E-state index contributed by atoms with van der Waals surface area (Å²) in [5, 5.41) is 12.7. The molecule has 1 amide bonds. The number of carbonyl (C=O) groups excluding carboxylic acids is 1. The number of hydrogen-bond acceptors (Lipinski definition) is 4. The Kier molecular flexibility index (Phi) is 4.99. The lowest BCUT2D eigenvalue weighted by Gasteiger charge is -2.40. The van der Waals surface area contributed by atoms with E-state index in [1.165, 1.54) is 0 Å². The molecule has 0 radical (unpaired) electrons. The standard InChI is InChI=1S/C14H25N3O3/c1-2-14(13(19)20)4-3-7-17(11-14)12(18)10-16-8-5-15-6-9-16/h15H,2-11H2,1H3,(H,19,20). The van der Waals surface area contributed by atoms with E-state index in [9.17, 15) is 14.7 Å². The lowest BCUT2D eigenvalue weighted by Crippen LogP contribution is -2.53. The zero-order valence-electron chi connectivity index (χ0n) is 12.2. The second kappa shape index (κ2) is 6.54. The lowest BCUT2D eigenvalue weighted by molar-refractivity contribution is -0.155. The molecule has 0 aliphatic carbocycles. The molecule has 0 aromatic heterocycles. The van der Waals surface area contributed by atoms with E-state index in [2.05, 4.69) is 10.2 Å². The first-order valence-electron chi connectivity index (χ1n) is 7.52. The summed E-state index contributed by atoms with van der Waals surface area (Å²) >= 11 is 0. The summed E-state index contributed by atoms with van der Waals surface area (Å²) in [5.41, 5.74) is -0.739. The topological polar surface area (TPSA) is 72.9 Å². The van der Waals surface area contributed by atoms with Crippen molar-refractivity contribution in [3.8, 4) is 0 Å². The summed E-state index contributed by atoms with van der Waals surface area (Å²) in [6.45, 7) is 6.99. The third kappa shape index (κ3) is 3.30. The van der Waals surface area contributed by atoms with Gasteiger partial charge in [0.2, 0.25) is 5.91 Å². The molecule has 2 rings (SSSR count). The minimum Gasteiger partial charge on any atom is -0.481 e. The van der Waals surface area contributed by atoms with Crippen molar-refractivity contribution in [2.24, 2.45) is 5.41 Å². The van der Waals surface area contributed by atoms with Gasteiger partial charge in [-0.05, 0) is 19.3 Å².